The Morgan fingerprint density at radius 1 is 1.00 bits per heavy atom. The van der Waals surface area contributed by atoms with Gasteiger partial charge < -0.3 is 14.4 Å². The fourth-order valence-corrected chi connectivity index (χ4v) is 3.19. The lowest BCUT2D eigenvalue weighted by atomic mass is 10.0. The van der Waals surface area contributed by atoms with Gasteiger partial charge in [0.1, 0.15) is 5.75 Å². The van der Waals surface area contributed by atoms with Crippen LogP contribution in [-0.4, -0.2) is 32.1 Å². The van der Waals surface area contributed by atoms with Crippen LogP contribution in [0, 0.1) is 18.3 Å². The molecule has 3 aromatic rings. The maximum Gasteiger partial charge on any atom is 0.339 e. The van der Waals surface area contributed by atoms with Gasteiger partial charge >= 0.3 is 5.97 Å². The summed E-state index contributed by atoms with van der Waals surface area (Å²) in [6, 6.07) is 20.1. The van der Waals surface area contributed by atoms with Gasteiger partial charge in [0.25, 0.3) is 5.91 Å². The van der Waals surface area contributed by atoms with Crippen molar-refractivity contribution in [3.63, 3.8) is 0 Å². The molecule has 30 heavy (non-hydrogen) atoms. The third kappa shape index (κ3) is 4.58. The molecule has 0 fully saturated rings. The minimum atomic E-state index is -0.591. The minimum absolute atomic E-state index is 0.177. The van der Waals surface area contributed by atoms with Crippen molar-refractivity contribution in [3.05, 3.63) is 71.8 Å². The van der Waals surface area contributed by atoms with Crippen molar-refractivity contribution in [1.29, 1.82) is 5.26 Å². The van der Waals surface area contributed by atoms with Gasteiger partial charge in [-0.15, -0.1) is 0 Å². The molecule has 0 aliphatic carbocycles. The summed E-state index contributed by atoms with van der Waals surface area (Å²) in [5, 5.41) is 10.4. The molecule has 3 aromatic carbocycles. The van der Waals surface area contributed by atoms with Crippen LogP contribution in [0.2, 0.25) is 0 Å². The number of carbonyl (C=O) groups is 2. The molecule has 0 saturated heterocycles. The Bertz CT molecular complexity index is 1100. The summed E-state index contributed by atoms with van der Waals surface area (Å²) < 4.78 is 10.7. The largest absolute Gasteiger partial charge is 0.496 e. The second-order valence-electron chi connectivity index (χ2n) is 6.73. The molecular formula is C24H22N2O4. The molecule has 1 amide bonds. The van der Waals surface area contributed by atoms with Crippen LogP contribution in [0.5, 0.6) is 5.75 Å². The molecule has 0 N–H and O–H groups in total. The second-order valence-corrected chi connectivity index (χ2v) is 6.73. The minimum Gasteiger partial charge on any atom is -0.496 e. The van der Waals surface area contributed by atoms with Crippen LogP contribution in [0.4, 0.5) is 5.69 Å². The lowest BCUT2D eigenvalue weighted by Gasteiger charge is -2.22. The van der Waals surface area contributed by atoms with Gasteiger partial charge in [-0.05, 0) is 36.6 Å². The predicted molar refractivity (Wildman–Crippen MR) is 115 cm³/mol. The number of fused-ring (bicyclic) bond motifs is 1. The van der Waals surface area contributed by atoms with E-state index in [1.807, 2.05) is 61.5 Å². The monoisotopic (exact) mass is 402 g/mol. The van der Waals surface area contributed by atoms with E-state index in [0.717, 1.165) is 10.9 Å². The van der Waals surface area contributed by atoms with Crippen LogP contribution in [-0.2, 0) is 9.53 Å². The number of hydrogen-bond donors (Lipinski definition) is 0. The molecule has 152 valence electrons. The van der Waals surface area contributed by atoms with Gasteiger partial charge in [0.2, 0.25) is 0 Å². The smallest absolute Gasteiger partial charge is 0.339 e. The van der Waals surface area contributed by atoms with Crippen LogP contribution in [0.1, 0.15) is 22.3 Å². The number of hydrogen-bond acceptors (Lipinski definition) is 5. The van der Waals surface area contributed by atoms with Gasteiger partial charge in [0, 0.05) is 17.6 Å². The summed E-state index contributed by atoms with van der Waals surface area (Å²) >= 11 is 0. The molecular weight excluding hydrogens is 380 g/mol. The quantitative estimate of drug-likeness (QED) is 0.552. The van der Waals surface area contributed by atoms with Gasteiger partial charge in [-0.3, -0.25) is 4.79 Å². The lowest BCUT2D eigenvalue weighted by Crippen LogP contribution is -2.35. The number of nitriles is 1. The average Bonchev–Trinajstić information content (AvgIpc) is 2.78. The van der Waals surface area contributed by atoms with Gasteiger partial charge in [0.05, 0.1) is 25.2 Å². The summed E-state index contributed by atoms with van der Waals surface area (Å²) in [5.74, 6) is -0.327. The number of rotatable bonds is 7. The fourth-order valence-electron chi connectivity index (χ4n) is 3.19. The molecule has 0 bridgehead atoms. The number of anilines is 1. The van der Waals surface area contributed by atoms with E-state index in [0.29, 0.717) is 22.4 Å². The Balaban J connectivity index is 1.77. The van der Waals surface area contributed by atoms with Gasteiger partial charge in [-0.25, -0.2) is 4.79 Å². The summed E-state index contributed by atoms with van der Waals surface area (Å²) in [5.41, 5.74) is 2.08. The number of amides is 1. The summed E-state index contributed by atoms with van der Waals surface area (Å²) in [6.07, 6.45) is 0.177. The summed E-state index contributed by atoms with van der Waals surface area (Å²) in [6.45, 7) is 1.76. The first kappa shape index (κ1) is 20.9. The number of carbonyl (C=O) groups excluding carboxylic acids is 2. The van der Waals surface area contributed by atoms with Crippen LogP contribution in [0.15, 0.2) is 60.7 Å². The number of nitrogens with zero attached hydrogens (tertiary/aromatic N) is 2. The van der Waals surface area contributed by atoms with E-state index in [-0.39, 0.29) is 18.9 Å². The Hall–Kier alpha value is -3.85. The molecule has 6 heteroatoms. The number of benzene rings is 3. The molecule has 0 radical (unpaired) electrons. The third-order valence-electron chi connectivity index (χ3n) is 4.74. The Morgan fingerprint density at radius 3 is 2.37 bits per heavy atom. The predicted octanol–water partition coefficient (Wildman–Crippen LogP) is 4.26. The van der Waals surface area contributed by atoms with Crippen molar-refractivity contribution in [2.24, 2.45) is 0 Å². The fraction of sp³-hybridized carbons (Fsp3) is 0.208. The van der Waals surface area contributed by atoms with Crippen molar-refractivity contribution >= 4 is 28.3 Å². The van der Waals surface area contributed by atoms with E-state index in [9.17, 15) is 9.59 Å². The molecule has 0 aliphatic heterocycles. The average molecular weight is 402 g/mol. The van der Waals surface area contributed by atoms with Crippen LogP contribution >= 0.6 is 0 Å². The van der Waals surface area contributed by atoms with E-state index >= 15 is 0 Å². The SMILES string of the molecule is COc1ccc(C(=O)OCC(=O)N(CCC#N)c2ccc(C)cc2)c2ccccc12. The number of methoxy groups -OCH3 is 1. The Morgan fingerprint density at radius 2 is 1.70 bits per heavy atom. The van der Waals surface area contributed by atoms with Crippen molar-refractivity contribution in [2.75, 3.05) is 25.2 Å². The van der Waals surface area contributed by atoms with Crippen LogP contribution in [0.25, 0.3) is 10.8 Å². The molecule has 0 atom stereocenters. The van der Waals surface area contributed by atoms with Crippen LogP contribution in [0.3, 0.4) is 0 Å². The van der Waals surface area contributed by atoms with E-state index in [2.05, 4.69) is 0 Å². The standard InChI is InChI=1S/C24H22N2O4/c1-17-8-10-18(11-9-17)26(15-5-14-25)23(27)16-30-24(28)21-12-13-22(29-2)20-7-4-3-6-19(20)21/h3-4,6-13H,5,15-16H2,1-2H3. The molecule has 0 saturated carbocycles. The topological polar surface area (TPSA) is 79.6 Å². The molecule has 3 rings (SSSR count). The van der Waals surface area contributed by atoms with Crippen molar-refractivity contribution < 1.29 is 19.1 Å². The normalized spacial score (nSPS) is 10.3. The highest BCUT2D eigenvalue weighted by atomic mass is 16.5. The lowest BCUT2D eigenvalue weighted by molar-refractivity contribution is -0.121. The zero-order valence-electron chi connectivity index (χ0n) is 16.9. The van der Waals surface area contributed by atoms with Gasteiger partial charge in [0.15, 0.2) is 6.61 Å². The van der Waals surface area contributed by atoms with E-state index in [4.69, 9.17) is 14.7 Å². The second kappa shape index (κ2) is 9.57. The molecule has 6 nitrogen and oxygen atoms in total. The van der Waals surface area contributed by atoms with Gasteiger partial charge in [-0.2, -0.15) is 5.26 Å². The number of aryl methyl sites for hydroxylation is 1. The zero-order valence-corrected chi connectivity index (χ0v) is 16.9. The Kier molecular flexibility index (Phi) is 6.66. The molecule has 0 aromatic heterocycles. The first-order valence-corrected chi connectivity index (χ1v) is 9.52. The first-order chi connectivity index (χ1) is 14.5. The number of ether oxygens (including phenoxy) is 2. The van der Waals surface area contributed by atoms with Crippen LogP contribution < -0.4 is 9.64 Å². The highest BCUT2D eigenvalue weighted by molar-refractivity contribution is 6.07. The van der Waals surface area contributed by atoms with E-state index in [1.165, 1.54) is 4.90 Å². The van der Waals surface area contributed by atoms with Crippen molar-refractivity contribution in [1.82, 2.24) is 0 Å². The molecule has 0 spiro atoms. The van der Waals surface area contributed by atoms with Crippen molar-refractivity contribution in [2.45, 2.75) is 13.3 Å². The molecule has 0 unspecified atom stereocenters. The summed E-state index contributed by atoms with van der Waals surface area (Å²) in [4.78, 5) is 26.9. The molecule has 0 aliphatic rings. The van der Waals surface area contributed by atoms with E-state index < -0.39 is 12.6 Å². The molecule has 0 heterocycles. The van der Waals surface area contributed by atoms with Gasteiger partial charge in [-0.1, -0.05) is 42.0 Å². The zero-order chi connectivity index (χ0) is 21.5. The summed E-state index contributed by atoms with van der Waals surface area (Å²) in [7, 11) is 1.57. The highest BCUT2D eigenvalue weighted by Gasteiger charge is 2.19. The maximum atomic E-state index is 12.8. The first-order valence-electron chi connectivity index (χ1n) is 9.52. The highest BCUT2D eigenvalue weighted by Crippen LogP contribution is 2.28. The van der Waals surface area contributed by atoms with E-state index in [1.54, 1.807) is 19.2 Å². The van der Waals surface area contributed by atoms with Crippen molar-refractivity contribution in [3.8, 4) is 11.8 Å². The third-order valence-corrected chi connectivity index (χ3v) is 4.74. The number of esters is 1. The maximum absolute atomic E-state index is 12.8. The Labute approximate surface area is 175 Å².